The molecule has 1 aromatic rings. The Bertz CT molecular complexity index is 392. The van der Waals surface area contributed by atoms with E-state index in [-0.39, 0.29) is 6.04 Å². The van der Waals surface area contributed by atoms with Crippen LogP contribution in [0.5, 0.6) is 0 Å². The number of hydrogen-bond acceptors (Lipinski definition) is 3. The van der Waals surface area contributed by atoms with Gasteiger partial charge in [0.1, 0.15) is 6.04 Å². The van der Waals surface area contributed by atoms with Gasteiger partial charge in [0.2, 0.25) is 0 Å². The van der Waals surface area contributed by atoms with Crippen molar-refractivity contribution in [1.82, 2.24) is 5.32 Å². The lowest BCUT2D eigenvalue weighted by atomic mass is 10.1. The summed E-state index contributed by atoms with van der Waals surface area (Å²) >= 11 is 9.22. The van der Waals surface area contributed by atoms with Crippen LogP contribution in [0.3, 0.4) is 0 Å². The molecule has 0 aliphatic heterocycles. The summed E-state index contributed by atoms with van der Waals surface area (Å²) in [4.78, 5) is 0. The zero-order valence-corrected chi connectivity index (χ0v) is 11.2. The average Bonchev–Trinajstić information content (AvgIpc) is 2.29. The summed E-state index contributed by atoms with van der Waals surface area (Å²) in [6.07, 6.45) is 0. The first kappa shape index (κ1) is 13.5. The van der Waals surface area contributed by atoms with Crippen molar-refractivity contribution in [2.24, 2.45) is 0 Å². The molecule has 0 saturated heterocycles. The number of nitriles is 1. The molecule has 0 heterocycles. The number of hydrogen-bond donors (Lipinski definition) is 1. The zero-order valence-electron chi connectivity index (χ0n) is 8.84. The second kappa shape index (κ2) is 6.87. The van der Waals surface area contributed by atoms with E-state index in [1.807, 2.05) is 12.1 Å². The first-order chi connectivity index (χ1) is 7.69. The number of ether oxygens (including phenoxy) is 1. The van der Waals surface area contributed by atoms with Crippen LogP contribution in [0.2, 0.25) is 5.02 Å². The highest BCUT2D eigenvalue weighted by Crippen LogP contribution is 2.25. The Hall–Kier alpha value is -0.600. The van der Waals surface area contributed by atoms with Crippen LogP contribution in [0.4, 0.5) is 0 Å². The van der Waals surface area contributed by atoms with Gasteiger partial charge in [-0.15, -0.1) is 0 Å². The maximum atomic E-state index is 9.04. The molecule has 1 unspecified atom stereocenters. The highest BCUT2D eigenvalue weighted by atomic mass is 79.9. The molecule has 16 heavy (non-hydrogen) atoms. The third-order valence-electron chi connectivity index (χ3n) is 2.06. The van der Waals surface area contributed by atoms with Crippen LogP contribution in [-0.4, -0.2) is 20.3 Å². The van der Waals surface area contributed by atoms with E-state index in [0.717, 1.165) is 10.0 Å². The smallest absolute Gasteiger partial charge is 0.121 e. The molecule has 0 aromatic heterocycles. The van der Waals surface area contributed by atoms with Gasteiger partial charge >= 0.3 is 0 Å². The maximum Gasteiger partial charge on any atom is 0.121 e. The molecule has 86 valence electrons. The van der Waals surface area contributed by atoms with E-state index in [2.05, 4.69) is 27.3 Å². The van der Waals surface area contributed by atoms with Gasteiger partial charge in [-0.3, -0.25) is 5.32 Å². The second-order valence-corrected chi connectivity index (χ2v) is 4.44. The van der Waals surface area contributed by atoms with E-state index < -0.39 is 0 Å². The summed E-state index contributed by atoms with van der Waals surface area (Å²) < 4.78 is 5.71. The Morgan fingerprint density at radius 1 is 1.62 bits per heavy atom. The predicted molar refractivity (Wildman–Crippen MR) is 67.4 cm³/mol. The van der Waals surface area contributed by atoms with Crippen molar-refractivity contribution in [2.75, 3.05) is 20.3 Å². The standard InChI is InChI=1S/C11H12BrClN2O/c1-16-5-4-15-11(7-14)8-2-3-10(13)9(12)6-8/h2-3,6,11,15H,4-5H2,1H3. The Morgan fingerprint density at radius 2 is 2.38 bits per heavy atom. The fourth-order valence-electron chi connectivity index (χ4n) is 1.24. The number of nitrogens with one attached hydrogen (secondary N) is 1. The summed E-state index contributed by atoms with van der Waals surface area (Å²) in [6, 6.07) is 7.29. The minimum absolute atomic E-state index is 0.344. The van der Waals surface area contributed by atoms with Gasteiger partial charge in [0.05, 0.1) is 17.7 Å². The summed E-state index contributed by atoms with van der Waals surface area (Å²) in [5, 5.41) is 12.8. The van der Waals surface area contributed by atoms with Crippen LogP contribution in [0, 0.1) is 11.3 Å². The Kier molecular flexibility index (Phi) is 5.78. The van der Waals surface area contributed by atoms with Crippen LogP contribution in [0.15, 0.2) is 22.7 Å². The highest BCUT2D eigenvalue weighted by molar-refractivity contribution is 9.10. The molecule has 0 radical (unpaired) electrons. The van der Waals surface area contributed by atoms with Gasteiger partial charge < -0.3 is 4.74 Å². The lowest BCUT2D eigenvalue weighted by molar-refractivity contribution is 0.198. The number of halogens is 2. The second-order valence-electron chi connectivity index (χ2n) is 3.18. The molecular weight excluding hydrogens is 291 g/mol. The lowest BCUT2D eigenvalue weighted by Gasteiger charge is -2.12. The van der Waals surface area contributed by atoms with E-state index in [1.165, 1.54) is 0 Å². The van der Waals surface area contributed by atoms with Crippen LogP contribution < -0.4 is 5.32 Å². The molecule has 1 atom stereocenters. The van der Waals surface area contributed by atoms with Crippen LogP contribution >= 0.6 is 27.5 Å². The van der Waals surface area contributed by atoms with E-state index >= 15 is 0 Å². The molecule has 1 aromatic carbocycles. The monoisotopic (exact) mass is 302 g/mol. The minimum atomic E-state index is -0.344. The van der Waals surface area contributed by atoms with Gasteiger partial charge in [-0.25, -0.2) is 0 Å². The molecule has 0 saturated carbocycles. The molecule has 1 N–H and O–H groups in total. The largest absolute Gasteiger partial charge is 0.383 e. The molecule has 3 nitrogen and oxygen atoms in total. The SMILES string of the molecule is COCCNC(C#N)c1ccc(Cl)c(Br)c1. The fourth-order valence-corrected chi connectivity index (χ4v) is 1.75. The quantitative estimate of drug-likeness (QED) is 0.851. The molecular formula is C11H12BrClN2O. The van der Waals surface area contributed by atoms with Gasteiger partial charge in [-0.1, -0.05) is 17.7 Å². The van der Waals surface area contributed by atoms with Gasteiger partial charge in [-0.2, -0.15) is 5.26 Å². The van der Waals surface area contributed by atoms with Gasteiger partial charge in [-0.05, 0) is 33.6 Å². The summed E-state index contributed by atoms with van der Waals surface area (Å²) in [7, 11) is 1.63. The Labute approximate surface area is 108 Å². The number of rotatable bonds is 5. The van der Waals surface area contributed by atoms with Crippen molar-refractivity contribution in [3.8, 4) is 6.07 Å². The topological polar surface area (TPSA) is 45.0 Å². The number of methoxy groups -OCH3 is 1. The number of benzene rings is 1. The van der Waals surface area contributed by atoms with Crippen LogP contribution in [-0.2, 0) is 4.74 Å². The maximum absolute atomic E-state index is 9.04. The first-order valence-electron chi connectivity index (χ1n) is 4.76. The summed E-state index contributed by atoms with van der Waals surface area (Å²) in [5.41, 5.74) is 0.884. The van der Waals surface area contributed by atoms with Crippen molar-refractivity contribution >= 4 is 27.5 Å². The highest BCUT2D eigenvalue weighted by Gasteiger charge is 2.10. The third kappa shape index (κ3) is 3.76. The van der Waals surface area contributed by atoms with Gasteiger partial charge in [0.25, 0.3) is 0 Å². The van der Waals surface area contributed by atoms with Gasteiger partial charge in [0, 0.05) is 18.1 Å². The van der Waals surface area contributed by atoms with Crippen molar-refractivity contribution in [3.05, 3.63) is 33.3 Å². The van der Waals surface area contributed by atoms with Crippen molar-refractivity contribution < 1.29 is 4.74 Å². The van der Waals surface area contributed by atoms with Crippen molar-refractivity contribution in [2.45, 2.75) is 6.04 Å². The molecule has 5 heteroatoms. The van der Waals surface area contributed by atoms with E-state index in [1.54, 1.807) is 13.2 Å². The summed E-state index contributed by atoms with van der Waals surface area (Å²) in [5.74, 6) is 0. The Balaban J connectivity index is 2.72. The molecule has 0 amide bonds. The fraction of sp³-hybridized carbons (Fsp3) is 0.364. The average molecular weight is 304 g/mol. The molecule has 0 bridgehead atoms. The zero-order chi connectivity index (χ0) is 12.0. The van der Waals surface area contributed by atoms with Crippen molar-refractivity contribution in [1.29, 1.82) is 5.26 Å². The summed E-state index contributed by atoms with van der Waals surface area (Å²) in [6.45, 7) is 1.21. The molecule has 0 aliphatic carbocycles. The molecule has 0 spiro atoms. The van der Waals surface area contributed by atoms with Crippen molar-refractivity contribution in [3.63, 3.8) is 0 Å². The first-order valence-corrected chi connectivity index (χ1v) is 5.93. The normalized spacial score (nSPS) is 12.1. The Morgan fingerprint density at radius 3 is 2.94 bits per heavy atom. The van der Waals surface area contributed by atoms with E-state index in [4.69, 9.17) is 21.6 Å². The van der Waals surface area contributed by atoms with Gasteiger partial charge in [0.15, 0.2) is 0 Å². The number of nitrogens with zero attached hydrogens (tertiary/aromatic N) is 1. The lowest BCUT2D eigenvalue weighted by Crippen LogP contribution is -2.23. The molecule has 0 aliphatic rings. The molecule has 0 fully saturated rings. The predicted octanol–water partition coefficient (Wildman–Crippen LogP) is 2.90. The van der Waals surface area contributed by atoms with E-state index in [9.17, 15) is 0 Å². The third-order valence-corrected chi connectivity index (χ3v) is 3.27. The minimum Gasteiger partial charge on any atom is -0.383 e. The van der Waals surface area contributed by atoms with Crippen LogP contribution in [0.1, 0.15) is 11.6 Å². The van der Waals surface area contributed by atoms with E-state index in [0.29, 0.717) is 18.2 Å². The molecule has 1 rings (SSSR count). The van der Waals surface area contributed by atoms with Crippen LogP contribution in [0.25, 0.3) is 0 Å².